The highest BCUT2D eigenvalue weighted by Gasteiger charge is 2.25. The fraction of sp³-hybridized carbons (Fsp3) is 0.455. The third-order valence-corrected chi connectivity index (χ3v) is 5.63. The lowest BCUT2D eigenvalue weighted by molar-refractivity contribution is 0.394. The minimum Gasteiger partial charge on any atom is -0.329 e. The predicted molar refractivity (Wildman–Crippen MR) is 81.9 cm³/mol. The maximum Gasteiger partial charge on any atom is 0.243 e. The molecule has 0 saturated carbocycles. The van der Waals surface area contributed by atoms with E-state index in [1.807, 2.05) is 0 Å². The quantitative estimate of drug-likeness (QED) is 0.911. The van der Waals surface area contributed by atoms with Gasteiger partial charge in [-0.2, -0.15) is 4.31 Å². The van der Waals surface area contributed by atoms with Crippen molar-refractivity contribution in [1.29, 1.82) is 0 Å². The smallest absolute Gasteiger partial charge is 0.243 e. The van der Waals surface area contributed by atoms with Gasteiger partial charge in [0.1, 0.15) is 0 Å². The summed E-state index contributed by atoms with van der Waals surface area (Å²) in [7, 11) is -2.15. The summed E-state index contributed by atoms with van der Waals surface area (Å²) in [4.78, 5) is 0.0749. The summed E-state index contributed by atoms with van der Waals surface area (Å²) in [5.41, 5.74) is 6.13. The zero-order chi connectivity index (χ0) is 14.1. The Bertz CT molecular complexity index is 526. The second-order valence-electron chi connectivity index (χ2n) is 4.12. The van der Waals surface area contributed by atoms with Crippen LogP contribution in [0.15, 0.2) is 17.0 Å². The van der Waals surface area contributed by atoms with Gasteiger partial charge in [-0.3, -0.25) is 0 Å². The molecular weight excluding hydrogens is 331 g/mol. The lowest BCUT2D eigenvalue weighted by atomic mass is 10.2. The fourth-order valence-electron chi connectivity index (χ4n) is 1.32. The van der Waals surface area contributed by atoms with E-state index in [-0.39, 0.29) is 29.9 Å². The number of sulfonamides is 1. The fourth-order valence-corrected chi connectivity index (χ4v) is 3.36. The van der Waals surface area contributed by atoms with Crippen LogP contribution in [0.4, 0.5) is 0 Å². The topological polar surface area (TPSA) is 63.4 Å². The third kappa shape index (κ3) is 3.97. The molecule has 110 valence electrons. The molecule has 0 aliphatic heterocycles. The molecule has 0 fully saturated rings. The summed E-state index contributed by atoms with van der Waals surface area (Å²) in [5.74, 6) is 0. The van der Waals surface area contributed by atoms with E-state index in [2.05, 4.69) is 0 Å². The van der Waals surface area contributed by atoms with Crippen LogP contribution in [-0.4, -0.2) is 32.4 Å². The molecule has 0 radical (unpaired) electrons. The van der Waals surface area contributed by atoms with Crippen LogP contribution in [-0.2, 0) is 10.0 Å². The van der Waals surface area contributed by atoms with Crippen LogP contribution in [0, 0.1) is 6.92 Å². The molecule has 1 aromatic carbocycles. The van der Waals surface area contributed by atoms with Crippen molar-refractivity contribution in [2.75, 3.05) is 13.6 Å². The average molecular weight is 348 g/mol. The maximum absolute atomic E-state index is 12.3. The SMILES string of the molecule is Cc1c(Cl)cc(S(=O)(=O)N(C)C(C)CN)cc1Cl.Cl. The third-order valence-electron chi connectivity index (χ3n) is 2.89. The molecule has 1 atom stereocenters. The predicted octanol–water partition coefficient (Wildman–Crippen LogP) is 2.69. The van der Waals surface area contributed by atoms with Gasteiger partial charge in [-0.1, -0.05) is 23.2 Å². The van der Waals surface area contributed by atoms with Crippen molar-refractivity contribution in [3.8, 4) is 0 Å². The zero-order valence-electron chi connectivity index (χ0n) is 10.9. The molecule has 1 unspecified atom stereocenters. The molecule has 0 heterocycles. The molecule has 2 N–H and O–H groups in total. The Kier molecular flexibility index (Phi) is 7.09. The summed E-state index contributed by atoms with van der Waals surface area (Å²) in [6.45, 7) is 3.70. The van der Waals surface area contributed by atoms with Crippen molar-refractivity contribution in [2.45, 2.75) is 24.8 Å². The number of halogens is 3. The minimum absolute atomic E-state index is 0. The molecule has 1 rings (SSSR count). The van der Waals surface area contributed by atoms with Gasteiger partial charge < -0.3 is 5.73 Å². The molecule has 0 aromatic heterocycles. The first-order chi connectivity index (χ1) is 8.21. The summed E-state index contributed by atoms with van der Waals surface area (Å²) >= 11 is 11.9. The van der Waals surface area contributed by atoms with E-state index in [0.29, 0.717) is 15.6 Å². The molecular formula is C11H17Cl3N2O2S. The van der Waals surface area contributed by atoms with Crippen molar-refractivity contribution < 1.29 is 8.42 Å². The van der Waals surface area contributed by atoms with E-state index >= 15 is 0 Å². The highest BCUT2D eigenvalue weighted by Crippen LogP contribution is 2.29. The standard InChI is InChI=1S/C11H16Cl2N2O2S.ClH/c1-7(6-14)15(3)18(16,17)9-4-10(12)8(2)11(13)5-9;/h4-5,7H,6,14H2,1-3H3;1H. The number of nitrogens with zero attached hydrogens (tertiary/aromatic N) is 1. The molecule has 0 saturated heterocycles. The zero-order valence-corrected chi connectivity index (χ0v) is 14.0. The van der Waals surface area contributed by atoms with Gasteiger partial charge in [0, 0.05) is 29.7 Å². The normalized spacial score (nSPS) is 13.2. The van der Waals surface area contributed by atoms with Crippen LogP contribution in [0.2, 0.25) is 10.0 Å². The first-order valence-corrected chi connectivity index (χ1v) is 7.55. The van der Waals surface area contributed by atoms with Gasteiger partial charge in [0.05, 0.1) is 4.90 Å². The van der Waals surface area contributed by atoms with Crippen LogP contribution in [0.25, 0.3) is 0 Å². The molecule has 4 nitrogen and oxygen atoms in total. The summed E-state index contributed by atoms with van der Waals surface area (Å²) in [6, 6.07) is 2.50. The van der Waals surface area contributed by atoms with Crippen LogP contribution >= 0.6 is 35.6 Å². The Morgan fingerprint density at radius 2 is 1.74 bits per heavy atom. The highest BCUT2D eigenvalue weighted by molar-refractivity contribution is 7.89. The highest BCUT2D eigenvalue weighted by atomic mass is 35.5. The van der Waals surface area contributed by atoms with Gasteiger partial charge in [-0.25, -0.2) is 8.42 Å². The number of rotatable bonds is 4. The van der Waals surface area contributed by atoms with Crippen molar-refractivity contribution in [3.63, 3.8) is 0 Å². The largest absolute Gasteiger partial charge is 0.329 e. The van der Waals surface area contributed by atoms with Gasteiger partial charge in [0.15, 0.2) is 0 Å². The van der Waals surface area contributed by atoms with Crippen LogP contribution in [0.3, 0.4) is 0 Å². The second kappa shape index (κ2) is 7.11. The summed E-state index contributed by atoms with van der Waals surface area (Å²) in [5, 5.41) is 0.657. The Morgan fingerprint density at radius 1 is 1.32 bits per heavy atom. The Hall–Kier alpha value is -0.0400. The molecule has 19 heavy (non-hydrogen) atoms. The van der Waals surface area contributed by atoms with E-state index in [1.165, 1.54) is 23.5 Å². The number of nitrogens with two attached hydrogens (primary N) is 1. The molecule has 0 spiro atoms. The lowest BCUT2D eigenvalue weighted by Crippen LogP contribution is -2.39. The van der Waals surface area contributed by atoms with Crippen molar-refractivity contribution in [2.24, 2.45) is 5.73 Å². The first-order valence-electron chi connectivity index (χ1n) is 5.35. The second-order valence-corrected chi connectivity index (χ2v) is 6.93. The molecule has 1 aromatic rings. The van der Waals surface area contributed by atoms with E-state index in [1.54, 1.807) is 13.8 Å². The molecule has 0 aliphatic carbocycles. The maximum atomic E-state index is 12.3. The Morgan fingerprint density at radius 3 is 2.11 bits per heavy atom. The average Bonchev–Trinajstić information content (AvgIpc) is 2.33. The van der Waals surface area contributed by atoms with E-state index in [9.17, 15) is 8.42 Å². The van der Waals surface area contributed by atoms with Crippen LogP contribution < -0.4 is 5.73 Å². The van der Waals surface area contributed by atoms with Gasteiger partial charge in [0.25, 0.3) is 0 Å². The number of hydrogen-bond acceptors (Lipinski definition) is 3. The molecule has 0 bridgehead atoms. The van der Waals surface area contributed by atoms with Gasteiger partial charge in [-0.15, -0.1) is 12.4 Å². The minimum atomic E-state index is -3.63. The Labute approximate surface area is 130 Å². The number of hydrogen-bond donors (Lipinski definition) is 1. The first kappa shape index (κ1) is 19.0. The van der Waals surface area contributed by atoms with Crippen LogP contribution in [0.1, 0.15) is 12.5 Å². The molecule has 8 heteroatoms. The van der Waals surface area contributed by atoms with Crippen molar-refractivity contribution in [1.82, 2.24) is 4.31 Å². The van der Waals surface area contributed by atoms with Crippen molar-refractivity contribution >= 4 is 45.6 Å². The summed E-state index contributed by atoms with van der Waals surface area (Å²) < 4.78 is 25.8. The number of likely N-dealkylation sites (N-methyl/N-ethyl adjacent to an activating group) is 1. The van der Waals surface area contributed by atoms with Gasteiger partial charge in [0.2, 0.25) is 10.0 Å². The van der Waals surface area contributed by atoms with Crippen LogP contribution in [0.5, 0.6) is 0 Å². The molecule has 0 amide bonds. The lowest BCUT2D eigenvalue weighted by Gasteiger charge is -2.23. The van der Waals surface area contributed by atoms with Gasteiger partial charge in [-0.05, 0) is 31.5 Å². The summed E-state index contributed by atoms with van der Waals surface area (Å²) in [6.07, 6.45) is 0. The van der Waals surface area contributed by atoms with E-state index in [4.69, 9.17) is 28.9 Å². The van der Waals surface area contributed by atoms with Gasteiger partial charge >= 0.3 is 0 Å². The molecule has 0 aliphatic rings. The van der Waals surface area contributed by atoms with E-state index < -0.39 is 10.0 Å². The van der Waals surface area contributed by atoms with E-state index in [0.717, 1.165) is 0 Å². The Balaban J connectivity index is 0.00000324. The monoisotopic (exact) mass is 346 g/mol. The van der Waals surface area contributed by atoms with Crippen molar-refractivity contribution in [3.05, 3.63) is 27.7 Å². The number of benzene rings is 1.